The van der Waals surface area contributed by atoms with E-state index < -0.39 is 5.60 Å². The Balaban J connectivity index is 1.86. The van der Waals surface area contributed by atoms with Crippen LogP contribution >= 0.6 is 11.6 Å². The lowest BCUT2D eigenvalue weighted by Crippen LogP contribution is -2.36. The first kappa shape index (κ1) is 15.2. The Morgan fingerprint density at radius 2 is 2.23 bits per heavy atom. The zero-order valence-electron chi connectivity index (χ0n) is 13.0. The minimum atomic E-state index is -0.494. The molecule has 1 amide bonds. The highest BCUT2D eigenvalue weighted by Gasteiger charge is 2.34. The number of ether oxygens (including phenoxy) is 1. The molecule has 3 rings (SSSR count). The van der Waals surface area contributed by atoms with Crippen LogP contribution in [0, 0.1) is 0 Å². The number of rotatable bonds is 1. The molecule has 1 aromatic carbocycles. The molecule has 0 bridgehead atoms. The molecule has 1 unspecified atom stereocenters. The molecule has 0 radical (unpaired) electrons. The van der Waals surface area contributed by atoms with Crippen LogP contribution in [-0.2, 0) is 4.74 Å². The maximum Gasteiger partial charge on any atom is 0.410 e. The van der Waals surface area contributed by atoms with E-state index in [1.807, 2.05) is 39.0 Å². The number of aromatic amines is 1. The molecule has 22 heavy (non-hydrogen) atoms. The van der Waals surface area contributed by atoms with Gasteiger partial charge in [-0.25, -0.2) is 9.78 Å². The number of aromatic nitrogens is 2. The van der Waals surface area contributed by atoms with Gasteiger partial charge in [-0.1, -0.05) is 11.6 Å². The molecule has 2 aromatic rings. The standard InChI is InChI=1S/C16H20ClN3O2/c1-16(2,3)22-15(21)20-8-4-5-13(20)14-18-11-7-6-10(17)9-12(11)19-14/h6-7,9,13H,4-5,8H2,1-3H3,(H,18,19). The second kappa shape index (κ2) is 5.47. The topological polar surface area (TPSA) is 58.2 Å². The zero-order valence-corrected chi connectivity index (χ0v) is 13.8. The summed E-state index contributed by atoms with van der Waals surface area (Å²) in [6.07, 6.45) is 1.54. The summed E-state index contributed by atoms with van der Waals surface area (Å²) in [6.45, 7) is 6.31. The van der Waals surface area contributed by atoms with Crippen LogP contribution in [0.2, 0.25) is 5.02 Å². The summed E-state index contributed by atoms with van der Waals surface area (Å²) in [4.78, 5) is 22.0. The molecule has 5 nitrogen and oxygen atoms in total. The van der Waals surface area contributed by atoms with Gasteiger partial charge in [0.05, 0.1) is 17.1 Å². The molecular weight excluding hydrogens is 302 g/mol. The summed E-state index contributed by atoms with van der Waals surface area (Å²) in [7, 11) is 0. The molecule has 6 heteroatoms. The van der Waals surface area contributed by atoms with Crippen molar-refractivity contribution in [3.05, 3.63) is 29.0 Å². The minimum Gasteiger partial charge on any atom is -0.444 e. The predicted octanol–water partition coefficient (Wildman–Crippen LogP) is 4.29. The predicted molar refractivity (Wildman–Crippen MR) is 86.0 cm³/mol. The highest BCUT2D eigenvalue weighted by atomic mass is 35.5. The second-order valence-electron chi connectivity index (χ2n) is 6.62. The van der Waals surface area contributed by atoms with Crippen molar-refractivity contribution >= 4 is 28.7 Å². The first-order valence-electron chi connectivity index (χ1n) is 7.48. The van der Waals surface area contributed by atoms with Crippen molar-refractivity contribution in [2.24, 2.45) is 0 Å². The van der Waals surface area contributed by atoms with Crippen LogP contribution in [0.15, 0.2) is 18.2 Å². The number of hydrogen-bond donors (Lipinski definition) is 1. The maximum absolute atomic E-state index is 12.4. The lowest BCUT2D eigenvalue weighted by atomic mass is 10.2. The SMILES string of the molecule is CC(C)(C)OC(=O)N1CCCC1c1nc2ccc(Cl)cc2[nH]1. The van der Waals surface area contributed by atoms with Crippen molar-refractivity contribution in [1.82, 2.24) is 14.9 Å². The smallest absolute Gasteiger partial charge is 0.410 e. The summed E-state index contributed by atoms with van der Waals surface area (Å²) in [5, 5.41) is 0.665. The van der Waals surface area contributed by atoms with Gasteiger partial charge in [0.2, 0.25) is 0 Å². The average Bonchev–Trinajstić information content (AvgIpc) is 3.01. The maximum atomic E-state index is 12.4. The van der Waals surface area contributed by atoms with E-state index in [4.69, 9.17) is 16.3 Å². The van der Waals surface area contributed by atoms with Gasteiger partial charge in [0, 0.05) is 11.6 Å². The van der Waals surface area contributed by atoms with Crippen LogP contribution in [0.5, 0.6) is 0 Å². The van der Waals surface area contributed by atoms with Crippen LogP contribution in [0.4, 0.5) is 4.79 Å². The van der Waals surface area contributed by atoms with Gasteiger partial charge in [0.15, 0.2) is 0 Å². The number of amides is 1. The lowest BCUT2D eigenvalue weighted by Gasteiger charge is -2.27. The van der Waals surface area contributed by atoms with E-state index in [0.29, 0.717) is 11.6 Å². The molecule has 1 fully saturated rings. The quantitative estimate of drug-likeness (QED) is 0.852. The van der Waals surface area contributed by atoms with Crippen molar-refractivity contribution in [2.45, 2.75) is 45.3 Å². The summed E-state index contributed by atoms with van der Waals surface area (Å²) in [6, 6.07) is 5.47. The fraction of sp³-hybridized carbons (Fsp3) is 0.500. The number of carbonyl (C=O) groups is 1. The number of nitrogens with zero attached hydrogens (tertiary/aromatic N) is 2. The number of imidazole rings is 1. The molecule has 0 spiro atoms. The molecule has 0 aliphatic carbocycles. The number of H-pyrrole nitrogens is 1. The lowest BCUT2D eigenvalue weighted by molar-refractivity contribution is 0.0219. The largest absolute Gasteiger partial charge is 0.444 e. The van der Waals surface area contributed by atoms with Crippen molar-refractivity contribution in [1.29, 1.82) is 0 Å². The number of hydrogen-bond acceptors (Lipinski definition) is 3. The number of fused-ring (bicyclic) bond motifs is 1. The van der Waals surface area contributed by atoms with Gasteiger partial charge in [0.25, 0.3) is 0 Å². The third-order valence-electron chi connectivity index (χ3n) is 3.66. The van der Waals surface area contributed by atoms with Crippen LogP contribution in [0.1, 0.15) is 45.5 Å². The minimum absolute atomic E-state index is 0.0685. The molecule has 1 aliphatic heterocycles. The molecule has 0 saturated carbocycles. The van der Waals surface area contributed by atoms with Gasteiger partial charge in [-0.2, -0.15) is 0 Å². The van der Waals surface area contributed by atoms with Crippen molar-refractivity contribution in [3.63, 3.8) is 0 Å². The van der Waals surface area contributed by atoms with Crippen molar-refractivity contribution in [2.75, 3.05) is 6.54 Å². The Morgan fingerprint density at radius 3 is 2.95 bits per heavy atom. The summed E-state index contributed by atoms with van der Waals surface area (Å²) >= 11 is 6.01. The third kappa shape index (κ3) is 3.04. The van der Waals surface area contributed by atoms with Gasteiger partial charge in [0.1, 0.15) is 11.4 Å². The summed E-state index contributed by atoms with van der Waals surface area (Å²) in [5.74, 6) is 0.792. The van der Waals surface area contributed by atoms with E-state index in [9.17, 15) is 4.79 Å². The van der Waals surface area contributed by atoms with Crippen LogP contribution in [-0.4, -0.2) is 33.1 Å². The first-order chi connectivity index (χ1) is 10.3. The monoisotopic (exact) mass is 321 g/mol. The van der Waals surface area contributed by atoms with Gasteiger partial charge in [-0.15, -0.1) is 0 Å². The second-order valence-corrected chi connectivity index (χ2v) is 7.05. The molecule has 118 valence electrons. The van der Waals surface area contributed by atoms with E-state index in [-0.39, 0.29) is 12.1 Å². The highest BCUT2D eigenvalue weighted by molar-refractivity contribution is 6.31. The molecular formula is C16H20ClN3O2. The molecule has 1 N–H and O–H groups in total. The van der Waals surface area contributed by atoms with Crippen LogP contribution in [0.3, 0.4) is 0 Å². The summed E-state index contributed by atoms with van der Waals surface area (Å²) < 4.78 is 5.49. The molecule has 1 saturated heterocycles. The first-order valence-corrected chi connectivity index (χ1v) is 7.86. The Labute approximate surface area is 134 Å². The van der Waals surface area contributed by atoms with Gasteiger partial charge < -0.3 is 9.72 Å². The molecule has 1 atom stereocenters. The number of likely N-dealkylation sites (tertiary alicyclic amines) is 1. The van der Waals surface area contributed by atoms with E-state index in [2.05, 4.69) is 9.97 Å². The molecule has 1 aromatic heterocycles. The van der Waals surface area contributed by atoms with E-state index in [0.717, 1.165) is 29.7 Å². The van der Waals surface area contributed by atoms with Gasteiger partial charge in [-0.3, -0.25) is 4.90 Å². The van der Waals surface area contributed by atoms with Gasteiger partial charge in [-0.05, 0) is 51.8 Å². The molecule has 2 heterocycles. The number of carbonyl (C=O) groups excluding carboxylic acids is 1. The fourth-order valence-corrected chi connectivity index (χ4v) is 2.92. The number of halogens is 1. The van der Waals surface area contributed by atoms with Crippen molar-refractivity contribution < 1.29 is 9.53 Å². The van der Waals surface area contributed by atoms with E-state index in [1.54, 1.807) is 4.90 Å². The van der Waals surface area contributed by atoms with Crippen molar-refractivity contribution in [3.8, 4) is 0 Å². The van der Waals surface area contributed by atoms with Crippen LogP contribution < -0.4 is 0 Å². The van der Waals surface area contributed by atoms with Gasteiger partial charge >= 0.3 is 6.09 Å². The highest BCUT2D eigenvalue weighted by Crippen LogP contribution is 2.33. The summed E-state index contributed by atoms with van der Waals surface area (Å²) in [5.41, 5.74) is 1.25. The Kier molecular flexibility index (Phi) is 3.77. The fourth-order valence-electron chi connectivity index (χ4n) is 2.75. The van der Waals surface area contributed by atoms with Crippen LogP contribution in [0.25, 0.3) is 11.0 Å². The van der Waals surface area contributed by atoms with E-state index >= 15 is 0 Å². The zero-order chi connectivity index (χ0) is 15.9. The number of benzene rings is 1. The average molecular weight is 322 g/mol. The number of nitrogens with one attached hydrogen (secondary N) is 1. The molecule has 1 aliphatic rings. The Hall–Kier alpha value is -1.75. The third-order valence-corrected chi connectivity index (χ3v) is 3.89. The normalized spacial score (nSPS) is 18.9. The van der Waals surface area contributed by atoms with E-state index in [1.165, 1.54) is 0 Å². The Bertz CT molecular complexity index is 705. The Morgan fingerprint density at radius 1 is 1.45 bits per heavy atom.